The van der Waals surface area contributed by atoms with Crippen molar-refractivity contribution in [1.29, 1.82) is 0 Å². The maximum atomic E-state index is 12.0. The Morgan fingerprint density at radius 1 is 1.27 bits per heavy atom. The van der Waals surface area contributed by atoms with Gasteiger partial charge in [0.1, 0.15) is 0 Å². The summed E-state index contributed by atoms with van der Waals surface area (Å²) in [6.45, 7) is 4.19. The molecule has 0 bridgehead atoms. The zero-order valence-electron chi connectivity index (χ0n) is 14.7. The maximum absolute atomic E-state index is 12.0. The van der Waals surface area contributed by atoms with E-state index in [0.717, 1.165) is 11.3 Å². The topological polar surface area (TPSA) is 58.1 Å². The van der Waals surface area contributed by atoms with Crippen molar-refractivity contribution >= 4 is 46.6 Å². The molecular formula is C19H21ClN4OS. The molecule has 1 fully saturated rings. The number of hydrazine groups is 1. The summed E-state index contributed by atoms with van der Waals surface area (Å²) in [5.41, 5.74) is 9.44. The fourth-order valence-electron chi connectivity index (χ4n) is 2.92. The lowest BCUT2D eigenvalue weighted by atomic mass is 10.2. The third-order valence-electron chi connectivity index (χ3n) is 4.23. The highest BCUT2D eigenvalue weighted by Gasteiger charge is 2.26. The van der Waals surface area contributed by atoms with Crippen molar-refractivity contribution in [2.24, 2.45) is 0 Å². The Balaban J connectivity index is 1.52. The van der Waals surface area contributed by atoms with Crippen molar-refractivity contribution < 1.29 is 4.79 Å². The van der Waals surface area contributed by atoms with Crippen LogP contribution < -0.4 is 16.2 Å². The number of rotatable bonds is 4. The van der Waals surface area contributed by atoms with Gasteiger partial charge in [-0.3, -0.25) is 15.6 Å². The van der Waals surface area contributed by atoms with Crippen LogP contribution in [0.5, 0.6) is 0 Å². The molecule has 1 aliphatic carbocycles. The van der Waals surface area contributed by atoms with E-state index < -0.39 is 0 Å². The third-order valence-corrected chi connectivity index (χ3v) is 4.67. The fourth-order valence-corrected chi connectivity index (χ4v) is 3.28. The van der Waals surface area contributed by atoms with Gasteiger partial charge in [-0.15, -0.1) is 0 Å². The molecule has 1 aromatic carbocycles. The number of amides is 1. The molecule has 7 heteroatoms. The molecule has 136 valence electrons. The largest absolute Gasteiger partial charge is 0.346 e. The average Bonchev–Trinajstić information content (AvgIpc) is 3.37. The molecule has 1 aromatic heterocycles. The zero-order valence-corrected chi connectivity index (χ0v) is 16.2. The number of carbonyl (C=O) groups excluding carboxylic acids is 1. The first kappa shape index (κ1) is 18.5. The quantitative estimate of drug-likeness (QED) is 0.419. The van der Waals surface area contributed by atoms with E-state index in [2.05, 4.69) is 40.6 Å². The van der Waals surface area contributed by atoms with Gasteiger partial charge >= 0.3 is 0 Å². The summed E-state index contributed by atoms with van der Waals surface area (Å²) in [5, 5.41) is 3.83. The summed E-state index contributed by atoms with van der Waals surface area (Å²) in [5.74, 6) is -0.281. The summed E-state index contributed by atoms with van der Waals surface area (Å²) in [6, 6.07) is 9.89. The standard InChI is InChI=1S/C19H21ClN4OS/c1-12-10-14(13(2)24(12)17-7-8-17)6-9-18(25)22-23-19(26)21-16-5-3-4-15(20)11-16/h3-6,9-11,17H,7-8H2,1-2H3,(H,22,25)(H2,21,23,26)/b9-6+. The SMILES string of the molecule is Cc1cc(/C=C/C(=O)NNC(=S)Nc2cccc(Cl)c2)c(C)n1C1CC1. The van der Waals surface area contributed by atoms with E-state index in [1.807, 2.05) is 18.2 Å². The average molecular weight is 389 g/mol. The summed E-state index contributed by atoms with van der Waals surface area (Å²) >= 11 is 11.1. The van der Waals surface area contributed by atoms with Crippen LogP contribution in [0.15, 0.2) is 36.4 Å². The summed E-state index contributed by atoms with van der Waals surface area (Å²) in [6.07, 6.45) is 5.79. The van der Waals surface area contributed by atoms with Crippen LogP contribution in [0, 0.1) is 13.8 Å². The number of nitrogens with zero attached hydrogens (tertiary/aromatic N) is 1. The molecule has 0 saturated heterocycles. The number of hydrogen-bond donors (Lipinski definition) is 3. The van der Waals surface area contributed by atoms with Crippen molar-refractivity contribution in [3.63, 3.8) is 0 Å². The van der Waals surface area contributed by atoms with Crippen LogP contribution in [0.4, 0.5) is 5.69 Å². The minimum Gasteiger partial charge on any atom is -0.346 e. The zero-order chi connectivity index (χ0) is 18.7. The molecule has 26 heavy (non-hydrogen) atoms. The molecule has 0 atom stereocenters. The monoisotopic (exact) mass is 388 g/mol. The Kier molecular flexibility index (Phi) is 5.64. The lowest BCUT2D eigenvalue weighted by molar-refractivity contribution is -0.116. The van der Waals surface area contributed by atoms with E-state index in [1.54, 1.807) is 12.1 Å². The first-order valence-electron chi connectivity index (χ1n) is 8.43. The van der Waals surface area contributed by atoms with Crippen LogP contribution >= 0.6 is 23.8 Å². The van der Waals surface area contributed by atoms with E-state index in [1.165, 1.54) is 30.3 Å². The molecule has 5 nitrogen and oxygen atoms in total. The highest BCUT2D eigenvalue weighted by atomic mass is 35.5. The summed E-state index contributed by atoms with van der Waals surface area (Å²) in [4.78, 5) is 12.0. The van der Waals surface area contributed by atoms with Crippen LogP contribution in [-0.2, 0) is 4.79 Å². The molecule has 1 aliphatic rings. The van der Waals surface area contributed by atoms with Crippen LogP contribution in [0.2, 0.25) is 5.02 Å². The third kappa shape index (κ3) is 4.65. The van der Waals surface area contributed by atoms with Gasteiger partial charge in [-0.2, -0.15) is 0 Å². The van der Waals surface area contributed by atoms with Gasteiger partial charge in [0.25, 0.3) is 5.91 Å². The second kappa shape index (κ2) is 7.93. The van der Waals surface area contributed by atoms with Gasteiger partial charge in [-0.1, -0.05) is 17.7 Å². The minimum absolute atomic E-state index is 0.279. The van der Waals surface area contributed by atoms with Gasteiger partial charge in [0, 0.05) is 34.2 Å². The first-order valence-corrected chi connectivity index (χ1v) is 9.21. The maximum Gasteiger partial charge on any atom is 0.262 e. The Labute approximate surface area is 163 Å². The molecule has 0 unspecified atom stereocenters. The predicted molar refractivity (Wildman–Crippen MR) is 110 cm³/mol. The highest BCUT2D eigenvalue weighted by Crippen LogP contribution is 2.38. The first-order chi connectivity index (χ1) is 12.4. The fraction of sp³-hybridized carbons (Fsp3) is 0.263. The van der Waals surface area contributed by atoms with Gasteiger partial charge in [-0.25, -0.2) is 0 Å². The van der Waals surface area contributed by atoms with Crippen molar-refractivity contribution in [3.8, 4) is 0 Å². The molecule has 0 spiro atoms. The van der Waals surface area contributed by atoms with Gasteiger partial charge in [0.05, 0.1) is 0 Å². The molecule has 1 heterocycles. The van der Waals surface area contributed by atoms with Crippen LogP contribution in [0.1, 0.15) is 35.8 Å². The normalized spacial score (nSPS) is 13.7. The number of nitrogens with one attached hydrogen (secondary N) is 3. The van der Waals surface area contributed by atoms with E-state index in [-0.39, 0.29) is 11.0 Å². The van der Waals surface area contributed by atoms with Crippen molar-refractivity contribution in [2.45, 2.75) is 32.7 Å². The molecule has 3 N–H and O–H groups in total. The lowest BCUT2D eigenvalue weighted by Gasteiger charge is -2.10. The van der Waals surface area contributed by atoms with E-state index in [4.69, 9.17) is 23.8 Å². The molecular weight excluding hydrogens is 368 g/mol. The van der Waals surface area contributed by atoms with E-state index in [0.29, 0.717) is 11.1 Å². The van der Waals surface area contributed by atoms with Crippen LogP contribution in [0.25, 0.3) is 6.08 Å². The highest BCUT2D eigenvalue weighted by molar-refractivity contribution is 7.80. The predicted octanol–water partition coefficient (Wildman–Crippen LogP) is 4.12. The molecule has 2 aromatic rings. The number of halogens is 1. The van der Waals surface area contributed by atoms with E-state index >= 15 is 0 Å². The van der Waals surface area contributed by atoms with Gasteiger partial charge < -0.3 is 9.88 Å². The number of thiocarbonyl (C=S) groups is 1. The summed E-state index contributed by atoms with van der Waals surface area (Å²) in [7, 11) is 0. The summed E-state index contributed by atoms with van der Waals surface area (Å²) < 4.78 is 2.35. The Morgan fingerprint density at radius 2 is 2.04 bits per heavy atom. The van der Waals surface area contributed by atoms with Gasteiger partial charge in [-0.05, 0) is 74.8 Å². The van der Waals surface area contributed by atoms with Crippen molar-refractivity contribution in [3.05, 3.63) is 58.4 Å². The number of anilines is 1. The van der Waals surface area contributed by atoms with Crippen molar-refractivity contribution in [2.75, 3.05) is 5.32 Å². The van der Waals surface area contributed by atoms with Gasteiger partial charge in [0.2, 0.25) is 0 Å². The van der Waals surface area contributed by atoms with Crippen LogP contribution in [0.3, 0.4) is 0 Å². The van der Waals surface area contributed by atoms with Gasteiger partial charge in [0.15, 0.2) is 5.11 Å². The smallest absolute Gasteiger partial charge is 0.262 e. The Hall–Kier alpha value is -2.31. The second-order valence-corrected chi connectivity index (χ2v) is 7.18. The number of hydrogen-bond acceptors (Lipinski definition) is 2. The van der Waals surface area contributed by atoms with Crippen LogP contribution in [-0.4, -0.2) is 15.6 Å². The number of aryl methyl sites for hydroxylation is 1. The Bertz CT molecular complexity index is 870. The minimum atomic E-state index is -0.281. The lowest BCUT2D eigenvalue weighted by Crippen LogP contribution is -2.43. The number of aromatic nitrogens is 1. The molecule has 1 amide bonds. The molecule has 1 saturated carbocycles. The Morgan fingerprint density at radius 3 is 2.73 bits per heavy atom. The van der Waals surface area contributed by atoms with Crippen molar-refractivity contribution in [1.82, 2.24) is 15.4 Å². The number of benzene rings is 1. The molecule has 3 rings (SSSR count). The molecule has 0 radical (unpaired) electrons. The second-order valence-electron chi connectivity index (χ2n) is 6.34. The molecule has 0 aliphatic heterocycles. The number of carbonyl (C=O) groups is 1. The van der Waals surface area contributed by atoms with E-state index in [9.17, 15) is 4.79 Å².